The number of anilines is 4. The van der Waals surface area contributed by atoms with Gasteiger partial charge in [0.25, 0.3) is 11.1 Å². The van der Waals surface area contributed by atoms with Crippen molar-refractivity contribution >= 4 is 43.6 Å². The highest BCUT2D eigenvalue weighted by Gasteiger charge is 2.29. The maximum absolute atomic E-state index is 13.5. The van der Waals surface area contributed by atoms with Crippen molar-refractivity contribution in [2.24, 2.45) is 14.1 Å². The van der Waals surface area contributed by atoms with Crippen molar-refractivity contribution in [1.82, 2.24) is 19.1 Å². The number of aromatic nitrogens is 4. The smallest absolute Gasteiger partial charge is 0.293 e. The number of hydrogen-bond acceptors (Lipinski definition) is 11. The number of hydrogen-bond donors (Lipinski definition) is 2. The first-order chi connectivity index (χ1) is 27.8. The van der Waals surface area contributed by atoms with Crippen LogP contribution in [0.1, 0.15) is 55.9 Å². The zero-order valence-electron chi connectivity index (χ0n) is 34.5. The van der Waals surface area contributed by atoms with Crippen LogP contribution in [0.5, 0.6) is 0 Å². The number of nitrogens with zero attached hydrogens (tertiary/aromatic N) is 6. The Bertz CT molecular complexity index is 2930. The van der Waals surface area contributed by atoms with E-state index in [-0.39, 0.29) is 32.8 Å². The minimum Gasteiger partial charge on any atom is -0.336 e. The van der Waals surface area contributed by atoms with Gasteiger partial charge in [-0.15, -0.1) is 0 Å². The molecule has 0 aliphatic rings. The first-order valence-electron chi connectivity index (χ1n) is 18.3. The van der Waals surface area contributed by atoms with Gasteiger partial charge >= 0.3 is 0 Å². The Morgan fingerprint density at radius 1 is 0.610 bits per heavy atom. The highest BCUT2D eigenvalue weighted by Crippen LogP contribution is 2.30. The van der Waals surface area contributed by atoms with E-state index in [2.05, 4.69) is 26.7 Å². The Balaban J connectivity index is 0.000000224. The average Bonchev–Trinajstić information content (AvgIpc) is 3.18. The molecular weight excluding hydrogens is 785 g/mol. The van der Waals surface area contributed by atoms with Gasteiger partial charge in [0, 0.05) is 25.5 Å². The summed E-state index contributed by atoms with van der Waals surface area (Å²) in [5.74, 6) is -0.0117. The van der Waals surface area contributed by atoms with Crippen LogP contribution in [-0.4, -0.2) is 31.7 Å². The molecule has 0 saturated heterocycles. The van der Waals surface area contributed by atoms with E-state index in [1.165, 1.54) is 16.2 Å². The average molecular weight is 829 g/mol. The van der Waals surface area contributed by atoms with Crippen LogP contribution in [0.2, 0.25) is 0 Å². The Morgan fingerprint density at radius 2 is 1.00 bits per heavy atom. The minimum absolute atomic E-state index is 0.0913. The van der Waals surface area contributed by atoms with Crippen LogP contribution < -0.4 is 21.8 Å². The lowest BCUT2D eigenvalue weighted by atomic mass is 10.1. The summed E-state index contributed by atoms with van der Waals surface area (Å²) in [6.45, 7) is 14.6. The molecule has 0 fully saturated rings. The molecule has 59 heavy (non-hydrogen) atoms. The summed E-state index contributed by atoms with van der Waals surface area (Å²) in [5.41, 5.74) is 7.37. The highest BCUT2D eigenvalue weighted by molar-refractivity contribution is 7.91. The topological polar surface area (TPSA) is 193 Å². The van der Waals surface area contributed by atoms with E-state index < -0.39 is 26.2 Å². The Kier molecular flexibility index (Phi) is 12.8. The third-order valence-corrected chi connectivity index (χ3v) is 13.5. The normalized spacial score (nSPS) is 11.5. The number of benzene rings is 4. The van der Waals surface area contributed by atoms with Crippen LogP contribution in [0.15, 0.2) is 102 Å². The zero-order chi connectivity index (χ0) is 43.5. The van der Waals surface area contributed by atoms with E-state index in [4.69, 9.17) is 10.5 Å². The van der Waals surface area contributed by atoms with Crippen LogP contribution in [0, 0.1) is 78.1 Å². The molecule has 6 aromatic rings. The maximum atomic E-state index is 13.5. The molecule has 1 unspecified atom stereocenters. The summed E-state index contributed by atoms with van der Waals surface area (Å²) >= 11 is 0. The van der Waals surface area contributed by atoms with E-state index >= 15 is 0 Å². The first kappa shape index (κ1) is 43.4. The van der Waals surface area contributed by atoms with Gasteiger partial charge in [-0.1, -0.05) is 35.4 Å². The molecule has 0 spiro atoms. The minimum atomic E-state index is -3.97. The number of aryl methyl sites for hydroxylation is 6. The molecule has 0 aliphatic heterocycles. The van der Waals surface area contributed by atoms with E-state index in [0.717, 1.165) is 22.3 Å². The molecule has 2 N–H and O–H groups in total. The molecule has 302 valence electrons. The van der Waals surface area contributed by atoms with Crippen molar-refractivity contribution in [3.05, 3.63) is 149 Å². The van der Waals surface area contributed by atoms with Gasteiger partial charge in [-0.25, -0.2) is 22.6 Å². The summed E-state index contributed by atoms with van der Waals surface area (Å²) in [5, 5.41) is 23.9. The second-order valence-corrected chi connectivity index (χ2v) is 17.4. The lowest BCUT2D eigenvalue weighted by Gasteiger charge is -2.16. The van der Waals surface area contributed by atoms with Gasteiger partial charge in [-0.2, -0.15) is 10.5 Å². The van der Waals surface area contributed by atoms with E-state index in [0.29, 0.717) is 49.2 Å². The SMILES string of the molecule is Cc1cc(C)c(S(=O)(=O)c2nc(Nc3ccc(C#N)cc3)c(=O)n(C)c2C)c(C)c1.Cc1cc(C)c(S(=O)c2nc(Nc3ccc(C#N)cc3)c(=O)n(C)c2C)c(C)c1. The van der Waals surface area contributed by atoms with Crippen LogP contribution >= 0.6 is 0 Å². The van der Waals surface area contributed by atoms with E-state index in [1.807, 2.05) is 58.0 Å². The first-order valence-corrected chi connectivity index (χ1v) is 20.9. The molecule has 2 heterocycles. The van der Waals surface area contributed by atoms with E-state index in [9.17, 15) is 22.2 Å². The van der Waals surface area contributed by atoms with Gasteiger partial charge in [-0.05, 0) is 126 Å². The van der Waals surface area contributed by atoms with Gasteiger partial charge in [0.2, 0.25) is 9.84 Å². The number of rotatable bonds is 8. The van der Waals surface area contributed by atoms with Crippen molar-refractivity contribution in [3.8, 4) is 12.1 Å². The van der Waals surface area contributed by atoms with Gasteiger partial charge in [0.15, 0.2) is 21.7 Å². The summed E-state index contributed by atoms with van der Waals surface area (Å²) in [4.78, 5) is 35.0. The van der Waals surface area contributed by atoms with Crippen LogP contribution in [0.25, 0.3) is 0 Å². The second kappa shape index (κ2) is 17.4. The fourth-order valence-corrected chi connectivity index (χ4v) is 10.1. The molecule has 13 nitrogen and oxygen atoms in total. The summed E-state index contributed by atoms with van der Waals surface area (Å²) in [7, 11) is -2.35. The van der Waals surface area contributed by atoms with Crippen molar-refractivity contribution in [3.63, 3.8) is 0 Å². The lowest BCUT2D eigenvalue weighted by Crippen LogP contribution is -2.27. The van der Waals surface area contributed by atoms with E-state index in [1.54, 1.807) is 83.3 Å². The number of sulfone groups is 1. The molecule has 6 rings (SSSR count). The Morgan fingerprint density at radius 3 is 1.42 bits per heavy atom. The Labute approximate surface area is 346 Å². The second-order valence-electron chi connectivity index (χ2n) is 14.3. The van der Waals surface area contributed by atoms with Crippen molar-refractivity contribution in [2.75, 3.05) is 10.6 Å². The third-order valence-electron chi connectivity index (χ3n) is 9.71. The van der Waals surface area contributed by atoms with Gasteiger partial charge < -0.3 is 19.8 Å². The molecule has 0 amide bonds. The Hall–Kier alpha value is -6.68. The van der Waals surface area contributed by atoms with Gasteiger partial charge in [-0.3, -0.25) is 9.59 Å². The lowest BCUT2D eigenvalue weighted by molar-refractivity contribution is 0.586. The van der Waals surface area contributed by atoms with Crippen LogP contribution in [0.4, 0.5) is 23.0 Å². The molecule has 15 heteroatoms. The van der Waals surface area contributed by atoms with Crippen molar-refractivity contribution < 1.29 is 12.6 Å². The standard InChI is InChI=1S/C22H22N4O3S.C22H22N4O2S/c1-13-10-14(2)19(15(3)11-13)30(28,29)21-16(4)26(5)22(27)20(25-21)24-18-8-6-17(12-23)7-9-18;1-13-10-14(2)19(15(3)11-13)29(28)21-16(4)26(5)22(27)20(25-21)24-18-8-6-17(12-23)7-9-18/h6-11H,1-5H3,(H,24,25);6-11H,1-5H3,(H,24,25). The fraction of sp³-hybridized carbons (Fsp3) is 0.227. The van der Waals surface area contributed by atoms with Crippen LogP contribution in [-0.2, 0) is 34.7 Å². The molecule has 4 aromatic carbocycles. The summed E-state index contributed by atoms with van der Waals surface area (Å²) in [6.07, 6.45) is 0. The molecule has 0 radical (unpaired) electrons. The quantitative estimate of drug-likeness (QED) is 0.157. The number of nitriles is 2. The molecular formula is C44H44N8O5S2. The summed E-state index contributed by atoms with van der Waals surface area (Å²) < 4.78 is 43.2. The summed E-state index contributed by atoms with van der Waals surface area (Å²) in [6, 6.07) is 24.8. The molecule has 1 atom stereocenters. The monoisotopic (exact) mass is 828 g/mol. The highest BCUT2D eigenvalue weighted by atomic mass is 32.2. The number of nitrogens with one attached hydrogen (secondary N) is 2. The zero-order valence-corrected chi connectivity index (χ0v) is 36.1. The molecule has 0 bridgehead atoms. The maximum Gasteiger partial charge on any atom is 0.293 e. The fourth-order valence-electron chi connectivity index (χ4n) is 6.74. The molecule has 0 saturated carbocycles. The third kappa shape index (κ3) is 9.07. The van der Waals surface area contributed by atoms with Crippen LogP contribution in [0.3, 0.4) is 0 Å². The molecule has 0 aliphatic carbocycles. The van der Waals surface area contributed by atoms with Crippen molar-refractivity contribution in [1.29, 1.82) is 10.5 Å². The predicted molar refractivity (Wildman–Crippen MR) is 229 cm³/mol. The largest absolute Gasteiger partial charge is 0.336 e. The van der Waals surface area contributed by atoms with Crippen molar-refractivity contribution in [2.45, 2.75) is 75.2 Å². The predicted octanol–water partition coefficient (Wildman–Crippen LogP) is 7.26. The van der Waals surface area contributed by atoms with Gasteiger partial charge in [0.05, 0.1) is 44.4 Å². The van der Waals surface area contributed by atoms with Gasteiger partial charge in [0.1, 0.15) is 10.8 Å². The molecule has 2 aromatic heterocycles.